The zero-order valence-corrected chi connectivity index (χ0v) is 7.48. The van der Waals surface area contributed by atoms with Gasteiger partial charge in [0.1, 0.15) is 5.67 Å². The molecule has 70 valence electrons. The van der Waals surface area contributed by atoms with Gasteiger partial charge in [-0.2, -0.15) is 0 Å². The summed E-state index contributed by atoms with van der Waals surface area (Å²) in [7, 11) is 0. The van der Waals surface area contributed by atoms with Crippen molar-refractivity contribution < 1.29 is 4.39 Å². The first-order valence-corrected chi connectivity index (χ1v) is 4.91. The zero-order chi connectivity index (χ0) is 8.44. The first-order valence-electron chi connectivity index (χ1n) is 4.91. The molecule has 1 aliphatic carbocycles. The van der Waals surface area contributed by atoms with Crippen LogP contribution in [0.1, 0.15) is 19.3 Å². The Labute approximate surface area is 73.1 Å². The van der Waals surface area contributed by atoms with E-state index in [-0.39, 0.29) is 0 Å². The van der Waals surface area contributed by atoms with Gasteiger partial charge in [-0.15, -0.1) is 0 Å². The van der Waals surface area contributed by atoms with E-state index < -0.39 is 5.67 Å². The van der Waals surface area contributed by atoms with Crippen LogP contribution in [-0.4, -0.2) is 43.3 Å². The second-order valence-electron chi connectivity index (χ2n) is 3.99. The van der Waals surface area contributed by atoms with Crippen LogP contribution in [0, 0.1) is 0 Å². The van der Waals surface area contributed by atoms with E-state index >= 15 is 0 Å². The maximum absolute atomic E-state index is 13.2. The number of nitrogens with one attached hydrogen (secondary N) is 1. The van der Waals surface area contributed by atoms with Gasteiger partial charge in [0.2, 0.25) is 0 Å². The van der Waals surface area contributed by atoms with Crippen LogP contribution in [0.4, 0.5) is 4.39 Å². The minimum Gasteiger partial charge on any atom is -0.314 e. The number of hydrogen-bond acceptors (Lipinski definition) is 2. The van der Waals surface area contributed by atoms with E-state index in [1.165, 1.54) is 0 Å². The molecule has 0 aromatic carbocycles. The Morgan fingerprint density at radius 3 is 2.50 bits per heavy atom. The molecule has 3 heteroatoms. The lowest BCUT2D eigenvalue weighted by Crippen LogP contribution is -2.44. The Morgan fingerprint density at radius 2 is 1.92 bits per heavy atom. The lowest BCUT2D eigenvalue weighted by atomic mass is 10.2. The van der Waals surface area contributed by atoms with E-state index in [0.717, 1.165) is 52.0 Å². The molecular formula is C9H17FN2. The number of rotatable bonds is 3. The zero-order valence-electron chi connectivity index (χ0n) is 7.48. The Bertz CT molecular complexity index is 151. The third kappa shape index (κ3) is 2.17. The molecule has 2 rings (SSSR count). The monoisotopic (exact) mass is 172 g/mol. The number of alkyl halides is 1. The van der Waals surface area contributed by atoms with E-state index in [1.54, 1.807) is 0 Å². The molecule has 2 aliphatic rings. The molecule has 0 amide bonds. The molecule has 2 nitrogen and oxygen atoms in total. The fourth-order valence-electron chi connectivity index (χ4n) is 1.68. The Hall–Kier alpha value is -0.150. The van der Waals surface area contributed by atoms with Crippen LogP contribution in [0.25, 0.3) is 0 Å². The van der Waals surface area contributed by atoms with Crippen LogP contribution in [-0.2, 0) is 0 Å². The van der Waals surface area contributed by atoms with Gasteiger partial charge >= 0.3 is 0 Å². The first kappa shape index (κ1) is 8.45. The lowest BCUT2D eigenvalue weighted by molar-refractivity contribution is 0.195. The maximum Gasteiger partial charge on any atom is 0.112 e. The summed E-state index contributed by atoms with van der Waals surface area (Å²) in [5.41, 5.74) is -0.759. The van der Waals surface area contributed by atoms with Gasteiger partial charge in [-0.05, 0) is 19.3 Å². The summed E-state index contributed by atoms with van der Waals surface area (Å²) < 4.78 is 13.2. The quantitative estimate of drug-likeness (QED) is 0.677. The average Bonchev–Trinajstić information content (AvgIpc) is 2.84. The van der Waals surface area contributed by atoms with Crippen molar-refractivity contribution in [3.05, 3.63) is 0 Å². The molecule has 1 heterocycles. The summed E-state index contributed by atoms with van der Waals surface area (Å²) in [5, 5.41) is 3.29. The van der Waals surface area contributed by atoms with Crippen molar-refractivity contribution >= 4 is 0 Å². The molecule has 1 saturated heterocycles. The molecule has 1 aliphatic heterocycles. The number of piperazine rings is 1. The summed E-state index contributed by atoms with van der Waals surface area (Å²) in [4.78, 5) is 2.36. The van der Waals surface area contributed by atoms with E-state index in [0.29, 0.717) is 0 Å². The molecular weight excluding hydrogens is 155 g/mol. The van der Waals surface area contributed by atoms with Crippen molar-refractivity contribution in [2.75, 3.05) is 32.7 Å². The molecule has 1 saturated carbocycles. The van der Waals surface area contributed by atoms with Gasteiger partial charge in [-0.1, -0.05) is 0 Å². The predicted molar refractivity (Wildman–Crippen MR) is 47.0 cm³/mol. The van der Waals surface area contributed by atoms with Gasteiger partial charge in [0.25, 0.3) is 0 Å². The smallest absolute Gasteiger partial charge is 0.112 e. The molecule has 1 N–H and O–H groups in total. The Kier molecular flexibility index (Phi) is 2.33. The molecule has 0 aromatic heterocycles. The Balaban J connectivity index is 1.65. The summed E-state index contributed by atoms with van der Waals surface area (Å²) >= 11 is 0. The SMILES string of the molecule is FC1(CCN2CCNCC2)CC1. The number of hydrogen-bond donors (Lipinski definition) is 1. The van der Waals surface area contributed by atoms with Crippen molar-refractivity contribution in [1.82, 2.24) is 10.2 Å². The van der Waals surface area contributed by atoms with Crippen LogP contribution < -0.4 is 5.32 Å². The highest BCUT2D eigenvalue weighted by molar-refractivity contribution is 4.94. The van der Waals surface area contributed by atoms with Gasteiger partial charge in [0.05, 0.1) is 0 Å². The van der Waals surface area contributed by atoms with Gasteiger partial charge in [0, 0.05) is 32.7 Å². The molecule has 0 aromatic rings. The van der Waals surface area contributed by atoms with Gasteiger partial charge in [-0.25, -0.2) is 4.39 Å². The number of nitrogens with zero attached hydrogens (tertiary/aromatic N) is 1. The van der Waals surface area contributed by atoms with E-state index in [2.05, 4.69) is 10.2 Å². The highest BCUT2D eigenvalue weighted by Gasteiger charge is 2.42. The molecule has 0 unspecified atom stereocenters. The van der Waals surface area contributed by atoms with Gasteiger partial charge in [-0.3, -0.25) is 0 Å². The second-order valence-corrected chi connectivity index (χ2v) is 3.99. The fraction of sp³-hybridized carbons (Fsp3) is 1.00. The molecule has 0 bridgehead atoms. The van der Waals surface area contributed by atoms with Crippen LogP contribution in [0.5, 0.6) is 0 Å². The van der Waals surface area contributed by atoms with Crippen LogP contribution in [0.3, 0.4) is 0 Å². The molecule has 12 heavy (non-hydrogen) atoms. The topological polar surface area (TPSA) is 15.3 Å². The maximum atomic E-state index is 13.2. The van der Waals surface area contributed by atoms with Crippen LogP contribution in [0.2, 0.25) is 0 Å². The van der Waals surface area contributed by atoms with E-state index in [4.69, 9.17) is 0 Å². The summed E-state index contributed by atoms with van der Waals surface area (Å²) in [5.74, 6) is 0. The van der Waals surface area contributed by atoms with Crippen molar-refractivity contribution in [2.45, 2.75) is 24.9 Å². The summed E-state index contributed by atoms with van der Waals surface area (Å²) in [6.45, 7) is 5.28. The standard InChI is InChI=1S/C9H17FN2/c10-9(1-2-9)3-6-12-7-4-11-5-8-12/h11H,1-8H2. The molecule has 0 atom stereocenters. The number of halogens is 1. The predicted octanol–water partition coefficient (Wildman–Crippen LogP) is 0.784. The van der Waals surface area contributed by atoms with Crippen molar-refractivity contribution in [2.24, 2.45) is 0 Å². The average molecular weight is 172 g/mol. The van der Waals surface area contributed by atoms with Crippen LogP contribution in [0.15, 0.2) is 0 Å². The minimum absolute atomic E-state index is 0.757. The summed E-state index contributed by atoms with van der Waals surface area (Å²) in [6, 6.07) is 0. The van der Waals surface area contributed by atoms with Crippen LogP contribution >= 0.6 is 0 Å². The van der Waals surface area contributed by atoms with Gasteiger partial charge in [0.15, 0.2) is 0 Å². The first-order chi connectivity index (χ1) is 5.79. The largest absolute Gasteiger partial charge is 0.314 e. The highest BCUT2D eigenvalue weighted by atomic mass is 19.1. The second kappa shape index (κ2) is 3.30. The minimum atomic E-state index is -0.759. The summed E-state index contributed by atoms with van der Waals surface area (Å²) in [6.07, 6.45) is 2.37. The third-order valence-corrected chi connectivity index (χ3v) is 2.88. The normalized spacial score (nSPS) is 28.8. The fourth-order valence-corrected chi connectivity index (χ4v) is 1.68. The lowest BCUT2D eigenvalue weighted by Gasteiger charge is -2.27. The van der Waals surface area contributed by atoms with Gasteiger partial charge < -0.3 is 10.2 Å². The van der Waals surface area contributed by atoms with Crippen molar-refractivity contribution in [1.29, 1.82) is 0 Å². The van der Waals surface area contributed by atoms with E-state index in [1.807, 2.05) is 0 Å². The van der Waals surface area contributed by atoms with Crippen molar-refractivity contribution in [3.63, 3.8) is 0 Å². The Morgan fingerprint density at radius 1 is 1.25 bits per heavy atom. The van der Waals surface area contributed by atoms with Crippen molar-refractivity contribution in [3.8, 4) is 0 Å². The molecule has 2 fully saturated rings. The van der Waals surface area contributed by atoms with E-state index in [9.17, 15) is 4.39 Å². The third-order valence-electron chi connectivity index (χ3n) is 2.88. The highest BCUT2D eigenvalue weighted by Crippen LogP contribution is 2.42. The molecule has 0 spiro atoms. The molecule has 0 radical (unpaired) electrons.